The van der Waals surface area contributed by atoms with Crippen LogP contribution in [0.5, 0.6) is 0 Å². The number of hydrogen-bond donors (Lipinski definition) is 3. The zero-order valence-corrected chi connectivity index (χ0v) is 35.2. The summed E-state index contributed by atoms with van der Waals surface area (Å²) in [6, 6.07) is -0.690. The highest BCUT2D eigenvalue weighted by Crippen LogP contribution is 2.18. The molecule has 0 aromatic carbocycles. The minimum Gasteiger partial charge on any atom is -0.462 e. The standard InChI is InChI=1S/C46H91NO5/c1-4-7-10-13-16-19-22-24-25-28-31-34-37-42(52-46(51)39-36-33-30-27-21-18-15-12-9-6-3)40-45(50)47-43(41-48)44(49)38-35-32-29-26-23-20-17-14-11-8-5-2/h42-44,48-49H,4-41H2,1-3H3,(H,47,50). The molecular weight excluding hydrogens is 647 g/mol. The molecule has 0 fully saturated rings. The van der Waals surface area contributed by atoms with Crippen LogP contribution in [0.25, 0.3) is 0 Å². The molecule has 0 heterocycles. The van der Waals surface area contributed by atoms with E-state index in [4.69, 9.17) is 4.74 Å². The largest absolute Gasteiger partial charge is 0.462 e. The Bertz CT molecular complexity index is 746. The summed E-state index contributed by atoms with van der Waals surface area (Å²) in [7, 11) is 0. The van der Waals surface area contributed by atoms with E-state index in [2.05, 4.69) is 26.1 Å². The van der Waals surface area contributed by atoms with Crippen molar-refractivity contribution in [2.75, 3.05) is 6.61 Å². The molecule has 0 radical (unpaired) electrons. The molecule has 0 bridgehead atoms. The Labute approximate surface area is 324 Å². The van der Waals surface area contributed by atoms with Gasteiger partial charge in [-0.05, 0) is 25.7 Å². The highest BCUT2D eigenvalue weighted by molar-refractivity contribution is 5.77. The quantitative estimate of drug-likeness (QED) is 0.0428. The summed E-state index contributed by atoms with van der Waals surface area (Å²) in [5.41, 5.74) is 0. The van der Waals surface area contributed by atoms with Gasteiger partial charge in [-0.25, -0.2) is 0 Å². The predicted molar refractivity (Wildman–Crippen MR) is 223 cm³/mol. The summed E-state index contributed by atoms with van der Waals surface area (Å²) in [5, 5.41) is 23.6. The molecule has 3 unspecified atom stereocenters. The molecule has 0 aromatic rings. The molecule has 3 atom stereocenters. The third-order valence-corrected chi connectivity index (χ3v) is 10.9. The number of unbranched alkanes of at least 4 members (excludes halogenated alkanes) is 30. The fraction of sp³-hybridized carbons (Fsp3) is 0.957. The number of esters is 1. The third kappa shape index (κ3) is 35.9. The van der Waals surface area contributed by atoms with Crippen molar-refractivity contribution in [1.82, 2.24) is 5.32 Å². The second-order valence-electron chi connectivity index (χ2n) is 16.2. The lowest BCUT2D eigenvalue weighted by Crippen LogP contribution is -2.46. The molecule has 0 rings (SSSR count). The first-order valence-corrected chi connectivity index (χ1v) is 23.3. The van der Waals surface area contributed by atoms with Gasteiger partial charge >= 0.3 is 5.97 Å². The summed E-state index contributed by atoms with van der Waals surface area (Å²) >= 11 is 0. The molecule has 0 saturated heterocycles. The Morgan fingerprint density at radius 2 is 0.808 bits per heavy atom. The first-order chi connectivity index (χ1) is 25.5. The van der Waals surface area contributed by atoms with Crippen LogP contribution in [0.2, 0.25) is 0 Å². The second kappa shape index (κ2) is 41.0. The molecule has 3 N–H and O–H groups in total. The van der Waals surface area contributed by atoms with Gasteiger partial charge < -0.3 is 20.3 Å². The zero-order chi connectivity index (χ0) is 38.2. The monoisotopic (exact) mass is 738 g/mol. The Morgan fingerprint density at radius 3 is 1.17 bits per heavy atom. The maximum atomic E-state index is 13.1. The topological polar surface area (TPSA) is 95.9 Å². The van der Waals surface area contributed by atoms with Gasteiger partial charge in [0.15, 0.2) is 0 Å². The summed E-state index contributed by atoms with van der Waals surface area (Å²) in [6.07, 6.45) is 41.6. The molecule has 0 spiro atoms. The van der Waals surface area contributed by atoms with Crippen molar-refractivity contribution in [1.29, 1.82) is 0 Å². The number of amides is 1. The average Bonchev–Trinajstić information content (AvgIpc) is 3.13. The highest BCUT2D eigenvalue weighted by atomic mass is 16.5. The number of aliphatic hydroxyl groups excluding tert-OH is 2. The van der Waals surface area contributed by atoms with Gasteiger partial charge in [0.1, 0.15) is 6.10 Å². The molecule has 52 heavy (non-hydrogen) atoms. The van der Waals surface area contributed by atoms with Crippen molar-refractivity contribution in [3.63, 3.8) is 0 Å². The van der Waals surface area contributed by atoms with E-state index in [1.165, 1.54) is 167 Å². The molecule has 0 aliphatic heterocycles. The lowest BCUT2D eigenvalue weighted by molar-refractivity contribution is -0.151. The number of aliphatic hydroxyl groups is 2. The molecule has 310 valence electrons. The van der Waals surface area contributed by atoms with Crippen LogP contribution in [0.15, 0.2) is 0 Å². The maximum absolute atomic E-state index is 13.1. The van der Waals surface area contributed by atoms with Crippen molar-refractivity contribution in [2.45, 2.75) is 277 Å². The number of rotatable bonds is 42. The van der Waals surface area contributed by atoms with Crippen LogP contribution in [0.1, 0.15) is 258 Å². The minimum atomic E-state index is -0.777. The SMILES string of the molecule is CCCCCCCCCCCCCCC(CC(=O)NC(CO)C(O)CCCCCCCCCCCCC)OC(=O)CCCCCCCCCCCC. The van der Waals surface area contributed by atoms with Crippen molar-refractivity contribution >= 4 is 11.9 Å². The first kappa shape index (κ1) is 50.9. The number of ether oxygens (including phenoxy) is 1. The first-order valence-electron chi connectivity index (χ1n) is 23.3. The zero-order valence-electron chi connectivity index (χ0n) is 35.2. The van der Waals surface area contributed by atoms with Crippen molar-refractivity contribution < 1.29 is 24.5 Å². The van der Waals surface area contributed by atoms with E-state index in [1.54, 1.807) is 0 Å². The van der Waals surface area contributed by atoms with Gasteiger partial charge in [-0.1, -0.05) is 220 Å². The van der Waals surface area contributed by atoms with Crippen LogP contribution in [-0.2, 0) is 14.3 Å². The van der Waals surface area contributed by atoms with Gasteiger partial charge in [0.2, 0.25) is 5.91 Å². The van der Waals surface area contributed by atoms with Crippen LogP contribution < -0.4 is 5.32 Å². The smallest absolute Gasteiger partial charge is 0.306 e. The van der Waals surface area contributed by atoms with Gasteiger partial charge in [-0.2, -0.15) is 0 Å². The summed E-state index contributed by atoms with van der Waals surface area (Å²) in [6.45, 7) is 6.47. The van der Waals surface area contributed by atoms with E-state index >= 15 is 0 Å². The number of carbonyl (C=O) groups is 2. The van der Waals surface area contributed by atoms with E-state index < -0.39 is 18.2 Å². The van der Waals surface area contributed by atoms with Crippen LogP contribution in [-0.4, -0.2) is 46.9 Å². The highest BCUT2D eigenvalue weighted by Gasteiger charge is 2.24. The van der Waals surface area contributed by atoms with Crippen molar-refractivity contribution in [3.8, 4) is 0 Å². The van der Waals surface area contributed by atoms with E-state index in [9.17, 15) is 19.8 Å². The van der Waals surface area contributed by atoms with Crippen LogP contribution in [0.4, 0.5) is 0 Å². The van der Waals surface area contributed by atoms with Crippen LogP contribution >= 0.6 is 0 Å². The Kier molecular flexibility index (Phi) is 40.1. The predicted octanol–water partition coefficient (Wildman–Crippen LogP) is 13.2. The average molecular weight is 738 g/mol. The van der Waals surface area contributed by atoms with E-state index in [1.807, 2.05) is 0 Å². The fourth-order valence-electron chi connectivity index (χ4n) is 7.37. The molecule has 0 aromatic heterocycles. The number of hydrogen-bond acceptors (Lipinski definition) is 5. The number of nitrogens with one attached hydrogen (secondary N) is 1. The van der Waals surface area contributed by atoms with Gasteiger partial charge in [0, 0.05) is 6.42 Å². The maximum Gasteiger partial charge on any atom is 0.306 e. The van der Waals surface area contributed by atoms with Gasteiger partial charge in [0.25, 0.3) is 0 Å². The van der Waals surface area contributed by atoms with Gasteiger partial charge in [0.05, 0.1) is 25.2 Å². The molecule has 6 heteroatoms. The van der Waals surface area contributed by atoms with E-state index in [-0.39, 0.29) is 24.9 Å². The number of carbonyl (C=O) groups excluding carboxylic acids is 2. The Morgan fingerprint density at radius 1 is 0.481 bits per heavy atom. The van der Waals surface area contributed by atoms with Crippen molar-refractivity contribution in [3.05, 3.63) is 0 Å². The van der Waals surface area contributed by atoms with Gasteiger partial charge in [-0.3, -0.25) is 9.59 Å². The summed E-state index contributed by atoms with van der Waals surface area (Å²) in [4.78, 5) is 25.9. The van der Waals surface area contributed by atoms with Gasteiger partial charge in [-0.15, -0.1) is 0 Å². The molecule has 0 aliphatic rings. The summed E-state index contributed by atoms with van der Waals surface area (Å²) < 4.78 is 5.90. The third-order valence-electron chi connectivity index (χ3n) is 10.9. The summed E-state index contributed by atoms with van der Waals surface area (Å²) in [5.74, 6) is -0.459. The molecule has 0 saturated carbocycles. The normalized spacial score (nSPS) is 13.2. The van der Waals surface area contributed by atoms with Crippen molar-refractivity contribution in [2.24, 2.45) is 0 Å². The molecule has 6 nitrogen and oxygen atoms in total. The fourth-order valence-corrected chi connectivity index (χ4v) is 7.37. The van der Waals surface area contributed by atoms with Crippen LogP contribution in [0, 0.1) is 0 Å². The molecular formula is C46H91NO5. The lowest BCUT2D eigenvalue weighted by atomic mass is 10.0. The lowest BCUT2D eigenvalue weighted by Gasteiger charge is -2.24. The second-order valence-corrected chi connectivity index (χ2v) is 16.2. The van der Waals surface area contributed by atoms with Crippen LogP contribution in [0.3, 0.4) is 0 Å². The molecule has 0 aliphatic carbocycles. The van der Waals surface area contributed by atoms with E-state index in [0.717, 1.165) is 44.9 Å². The Hall–Kier alpha value is -1.14. The van der Waals surface area contributed by atoms with E-state index in [0.29, 0.717) is 19.3 Å². The molecule has 1 amide bonds. The minimum absolute atomic E-state index is 0.0868. The Balaban J connectivity index is 4.54.